The standard InChI is InChI=1S/C13H24N2O2Si/c1-10-12(16)15(18(2,3)4)13(17)14(10)11-8-6-5-7-9-11/h10-11H,5-9H2,1-4H3. The number of carbonyl (C=O) groups is 2. The van der Waals surface area contributed by atoms with Crippen molar-refractivity contribution in [1.29, 1.82) is 0 Å². The third-order valence-corrected chi connectivity index (χ3v) is 5.80. The van der Waals surface area contributed by atoms with Crippen LogP contribution < -0.4 is 0 Å². The Bertz CT molecular complexity index is 358. The fourth-order valence-corrected chi connectivity index (χ4v) is 4.67. The number of carbonyl (C=O) groups excluding carboxylic acids is 2. The second-order valence-corrected chi connectivity index (χ2v) is 11.3. The van der Waals surface area contributed by atoms with E-state index in [-0.39, 0.29) is 24.0 Å². The Morgan fingerprint density at radius 3 is 2.06 bits per heavy atom. The molecule has 3 amide bonds. The molecule has 4 nitrogen and oxygen atoms in total. The molecule has 2 rings (SSSR count). The van der Waals surface area contributed by atoms with Crippen LogP contribution in [0.1, 0.15) is 39.0 Å². The van der Waals surface area contributed by atoms with Crippen molar-refractivity contribution >= 4 is 20.2 Å². The SMILES string of the molecule is CC1C(=O)N([Si](C)(C)C)C(=O)N1C1CCCCC1. The van der Waals surface area contributed by atoms with Crippen molar-refractivity contribution in [2.24, 2.45) is 0 Å². The van der Waals surface area contributed by atoms with Crippen LogP contribution in [0.25, 0.3) is 0 Å². The summed E-state index contributed by atoms with van der Waals surface area (Å²) in [5.41, 5.74) is 0. The first-order chi connectivity index (χ1) is 8.34. The lowest BCUT2D eigenvalue weighted by atomic mass is 9.94. The van der Waals surface area contributed by atoms with Gasteiger partial charge < -0.3 is 4.90 Å². The zero-order chi connectivity index (χ0) is 13.5. The molecule has 2 fully saturated rings. The van der Waals surface area contributed by atoms with E-state index in [0.717, 1.165) is 12.8 Å². The largest absolute Gasteiger partial charge is 0.319 e. The smallest absolute Gasteiger partial charge is 0.310 e. The van der Waals surface area contributed by atoms with Gasteiger partial charge >= 0.3 is 6.03 Å². The summed E-state index contributed by atoms with van der Waals surface area (Å²) in [4.78, 5) is 26.7. The summed E-state index contributed by atoms with van der Waals surface area (Å²) in [5.74, 6) is 0.0183. The molecule has 0 aromatic carbocycles. The molecule has 1 atom stereocenters. The number of hydrogen-bond donors (Lipinski definition) is 0. The fourth-order valence-electron chi connectivity index (χ4n) is 3.13. The maximum absolute atomic E-state index is 12.5. The second-order valence-electron chi connectivity index (χ2n) is 6.50. The minimum atomic E-state index is -1.90. The maximum Gasteiger partial charge on any atom is 0.319 e. The lowest BCUT2D eigenvalue weighted by molar-refractivity contribution is -0.125. The zero-order valence-corrected chi connectivity index (χ0v) is 12.9. The molecular formula is C13H24N2O2Si. The number of amides is 3. The summed E-state index contributed by atoms with van der Waals surface area (Å²) in [6.45, 7) is 8.05. The molecule has 1 unspecified atom stereocenters. The van der Waals surface area contributed by atoms with Crippen molar-refractivity contribution in [2.75, 3.05) is 0 Å². The number of rotatable bonds is 2. The summed E-state index contributed by atoms with van der Waals surface area (Å²) in [6, 6.07) is -0.00237. The Balaban J connectivity index is 2.22. The molecule has 18 heavy (non-hydrogen) atoms. The van der Waals surface area contributed by atoms with E-state index in [2.05, 4.69) is 19.6 Å². The Kier molecular flexibility index (Phi) is 3.53. The van der Waals surface area contributed by atoms with Crippen molar-refractivity contribution < 1.29 is 9.59 Å². The van der Waals surface area contributed by atoms with Gasteiger partial charge in [0.05, 0.1) is 0 Å². The average molecular weight is 268 g/mol. The molecule has 0 aromatic rings. The topological polar surface area (TPSA) is 40.6 Å². The van der Waals surface area contributed by atoms with E-state index in [1.165, 1.54) is 19.3 Å². The minimum absolute atomic E-state index is 0.0183. The van der Waals surface area contributed by atoms with Gasteiger partial charge in [0.25, 0.3) is 0 Å². The van der Waals surface area contributed by atoms with Crippen LogP contribution >= 0.6 is 0 Å². The molecule has 2 aliphatic rings. The minimum Gasteiger partial charge on any atom is -0.310 e. The van der Waals surface area contributed by atoms with E-state index in [1.54, 1.807) is 4.57 Å². The quantitative estimate of drug-likeness (QED) is 0.571. The molecule has 1 saturated heterocycles. The molecule has 0 spiro atoms. The summed E-state index contributed by atoms with van der Waals surface area (Å²) < 4.78 is 1.58. The predicted molar refractivity (Wildman–Crippen MR) is 73.8 cm³/mol. The molecule has 1 saturated carbocycles. The average Bonchev–Trinajstić information content (AvgIpc) is 2.50. The molecule has 1 aliphatic heterocycles. The van der Waals surface area contributed by atoms with Crippen molar-refractivity contribution in [3.05, 3.63) is 0 Å². The lowest BCUT2D eigenvalue weighted by Crippen LogP contribution is -2.51. The van der Waals surface area contributed by atoms with Crippen LogP contribution in [0.4, 0.5) is 4.79 Å². The highest BCUT2D eigenvalue weighted by atomic mass is 28.3. The van der Waals surface area contributed by atoms with E-state index in [9.17, 15) is 9.59 Å². The van der Waals surface area contributed by atoms with E-state index < -0.39 is 8.24 Å². The van der Waals surface area contributed by atoms with Crippen LogP contribution in [-0.4, -0.2) is 41.7 Å². The summed E-state index contributed by atoms with van der Waals surface area (Å²) in [5, 5.41) is 0. The Hall–Kier alpha value is -0.843. The molecule has 5 heteroatoms. The Labute approximate surface area is 110 Å². The van der Waals surface area contributed by atoms with E-state index >= 15 is 0 Å². The van der Waals surface area contributed by atoms with Gasteiger partial charge in [-0.1, -0.05) is 38.9 Å². The van der Waals surface area contributed by atoms with Gasteiger partial charge in [-0.05, 0) is 19.8 Å². The highest BCUT2D eigenvalue weighted by molar-refractivity contribution is 6.78. The van der Waals surface area contributed by atoms with E-state index in [4.69, 9.17) is 0 Å². The van der Waals surface area contributed by atoms with Gasteiger partial charge in [-0.3, -0.25) is 9.36 Å². The molecule has 0 bridgehead atoms. The lowest BCUT2D eigenvalue weighted by Gasteiger charge is -2.33. The van der Waals surface area contributed by atoms with Crippen molar-refractivity contribution in [2.45, 2.75) is 70.8 Å². The highest BCUT2D eigenvalue weighted by Crippen LogP contribution is 2.31. The third kappa shape index (κ3) is 2.20. The van der Waals surface area contributed by atoms with Crippen LogP contribution in [0.2, 0.25) is 19.6 Å². The van der Waals surface area contributed by atoms with Gasteiger partial charge in [0.1, 0.15) is 6.04 Å². The fraction of sp³-hybridized carbons (Fsp3) is 0.846. The molecule has 0 aromatic heterocycles. The number of nitrogens with zero attached hydrogens (tertiary/aromatic N) is 2. The van der Waals surface area contributed by atoms with Gasteiger partial charge in [-0.15, -0.1) is 0 Å². The Morgan fingerprint density at radius 1 is 1.06 bits per heavy atom. The first-order valence-corrected chi connectivity index (χ1v) is 10.4. The molecule has 1 heterocycles. The van der Waals surface area contributed by atoms with Crippen molar-refractivity contribution in [3.8, 4) is 0 Å². The van der Waals surface area contributed by atoms with Gasteiger partial charge in [-0.2, -0.15) is 0 Å². The van der Waals surface area contributed by atoms with Gasteiger partial charge in [0.15, 0.2) is 8.24 Å². The zero-order valence-electron chi connectivity index (χ0n) is 11.9. The normalized spacial score (nSPS) is 27.2. The van der Waals surface area contributed by atoms with E-state index in [1.807, 2.05) is 11.8 Å². The molecule has 0 radical (unpaired) electrons. The van der Waals surface area contributed by atoms with Gasteiger partial charge in [-0.25, -0.2) is 4.79 Å². The number of hydrogen-bond acceptors (Lipinski definition) is 2. The summed E-state index contributed by atoms with van der Waals surface area (Å²) in [7, 11) is -1.90. The van der Waals surface area contributed by atoms with Crippen molar-refractivity contribution in [3.63, 3.8) is 0 Å². The number of urea groups is 1. The predicted octanol–water partition coefficient (Wildman–Crippen LogP) is 2.81. The molecule has 1 aliphatic carbocycles. The highest BCUT2D eigenvalue weighted by Gasteiger charge is 2.49. The van der Waals surface area contributed by atoms with Crippen LogP contribution in [0.15, 0.2) is 0 Å². The van der Waals surface area contributed by atoms with Crippen LogP contribution in [0.3, 0.4) is 0 Å². The van der Waals surface area contributed by atoms with Crippen LogP contribution in [0.5, 0.6) is 0 Å². The third-order valence-electron chi connectivity index (χ3n) is 4.05. The second kappa shape index (κ2) is 4.68. The van der Waals surface area contributed by atoms with Crippen LogP contribution in [-0.2, 0) is 4.79 Å². The van der Waals surface area contributed by atoms with Crippen molar-refractivity contribution in [1.82, 2.24) is 9.47 Å². The van der Waals surface area contributed by atoms with Crippen LogP contribution in [0, 0.1) is 0 Å². The molecule has 0 N–H and O–H groups in total. The molecule has 102 valence electrons. The van der Waals surface area contributed by atoms with Gasteiger partial charge in [0, 0.05) is 6.04 Å². The Morgan fingerprint density at radius 2 is 1.61 bits per heavy atom. The summed E-state index contributed by atoms with van der Waals surface area (Å²) in [6.07, 6.45) is 5.75. The van der Waals surface area contributed by atoms with Gasteiger partial charge in [0.2, 0.25) is 5.91 Å². The first kappa shape index (κ1) is 13.6. The molecular weight excluding hydrogens is 244 g/mol. The summed E-state index contributed by atoms with van der Waals surface area (Å²) >= 11 is 0. The maximum atomic E-state index is 12.5. The van der Waals surface area contributed by atoms with E-state index in [0.29, 0.717) is 0 Å². The monoisotopic (exact) mass is 268 g/mol. The first-order valence-electron chi connectivity index (χ1n) is 7.00. The number of imide groups is 1.